The molecule has 0 aromatic heterocycles. The van der Waals surface area contributed by atoms with Gasteiger partial charge in [-0.2, -0.15) is 13.2 Å². The summed E-state index contributed by atoms with van der Waals surface area (Å²) in [5.41, 5.74) is 2.05. The molecule has 0 spiro atoms. The number of halogens is 4. The molecule has 3 N–H and O–H groups in total. The Morgan fingerprint density at radius 1 is 1.15 bits per heavy atom. The van der Waals surface area contributed by atoms with E-state index >= 15 is 0 Å². The van der Waals surface area contributed by atoms with E-state index < -0.39 is 43.1 Å². The first-order valence-corrected chi connectivity index (χ1v) is 10.1. The molecule has 0 amide bonds. The molecule has 0 saturated heterocycles. The Bertz CT molecular complexity index is 883. The molecule has 2 atom stereocenters. The van der Waals surface area contributed by atoms with Crippen LogP contribution in [0.4, 0.5) is 13.2 Å². The van der Waals surface area contributed by atoms with Crippen LogP contribution in [-0.2, 0) is 10.0 Å². The number of alkyl halides is 3. The molecular weight excluding hydrogens is 401 g/mol. The molecular formula is C18H22ClF3N2O2S. The highest BCUT2D eigenvalue weighted by Gasteiger charge is 2.51. The molecule has 27 heavy (non-hydrogen) atoms. The monoisotopic (exact) mass is 422 g/mol. The summed E-state index contributed by atoms with van der Waals surface area (Å²) in [5.74, 6) is 0. The summed E-state index contributed by atoms with van der Waals surface area (Å²) in [5, 5.41) is -2.04. The van der Waals surface area contributed by atoms with Gasteiger partial charge in [-0.1, -0.05) is 48.0 Å². The quantitative estimate of drug-likeness (QED) is 0.774. The van der Waals surface area contributed by atoms with Crippen LogP contribution in [0.5, 0.6) is 0 Å². The summed E-state index contributed by atoms with van der Waals surface area (Å²) in [6.07, 6.45) is -4.01. The normalized spacial score (nSPS) is 24.8. The van der Waals surface area contributed by atoms with E-state index in [2.05, 4.69) is 4.72 Å². The van der Waals surface area contributed by atoms with E-state index in [9.17, 15) is 21.6 Å². The van der Waals surface area contributed by atoms with Crippen LogP contribution in [0.15, 0.2) is 47.0 Å². The Labute approximate surface area is 162 Å². The van der Waals surface area contributed by atoms with E-state index in [1.165, 1.54) is 19.1 Å². The SMILES string of the molecule is CC(C)(C)NS(=O)(=O)C1C(Cl)=C(c2ccccc2)C(C(F)(F)F)=CC1(C)N. The third-order valence-corrected chi connectivity index (χ3v) is 6.68. The zero-order valence-electron chi connectivity index (χ0n) is 15.4. The van der Waals surface area contributed by atoms with Crippen LogP contribution in [0.3, 0.4) is 0 Å². The summed E-state index contributed by atoms with van der Waals surface area (Å²) in [6.45, 7) is 6.07. The van der Waals surface area contributed by atoms with E-state index in [0.717, 1.165) is 6.08 Å². The van der Waals surface area contributed by atoms with Crippen molar-refractivity contribution in [2.75, 3.05) is 0 Å². The molecule has 0 fully saturated rings. The van der Waals surface area contributed by atoms with Crippen LogP contribution in [-0.4, -0.2) is 30.9 Å². The molecule has 1 aliphatic rings. The van der Waals surface area contributed by atoms with Crippen molar-refractivity contribution < 1.29 is 21.6 Å². The minimum absolute atomic E-state index is 0.164. The summed E-state index contributed by atoms with van der Waals surface area (Å²) >= 11 is 6.32. The molecule has 4 nitrogen and oxygen atoms in total. The van der Waals surface area contributed by atoms with Gasteiger partial charge in [-0.15, -0.1) is 0 Å². The van der Waals surface area contributed by atoms with Crippen molar-refractivity contribution >= 4 is 27.2 Å². The number of sulfonamides is 1. The number of benzene rings is 1. The molecule has 0 heterocycles. The van der Waals surface area contributed by atoms with Gasteiger partial charge in [0.1, 0.15) is 5.25 Å². The Morgan fingerprint density at radius 2 is 1.67 bits per heavy atom. The van der Waals surface area contributed by atoms with Crippen molar-refractivity contribution in [3.8, 4) is 0 Å². The smallest absolute Gasteiger partial charge is 0.321 e. The van der Waals surface area contributed by atoms with Crippen LogP contribution in [0, 0.1) is 0 Å². The molecule has 0 saturated carbocycles. The van der Waals surface area contributed by atoms with Crippen molar-refractivity contribution in [3.63, 3.8) is 0 Å². The highest BCUT2D eigenvalue weighted by Crippen LogP contribution is 2.47. The van der Waals surface area contributed by atoms with Crippen LogP contribution in [0.1, 0.15) is 33.3 Å². The molecule has 2 rings (SSSR count). The maximum absolute atomic E-state index is 13.7. The van der Waals surface area contributed by atoms with Gasteiger partial charge < -0.3 is 5.73 Å². The molecule has 1 aliphatic carbocycles. The minimum Gasteiger partial charge on any atom is -0.321 e. The van der Waals surface area contributed by atoms with E-state index in [1.54, 1.807) is 39.0 Å². The second-order valence-electron chi connectivity index (χ2n) is 7.79. The Kier molecular flexibility index (Phi) is 5.62. The van der Waals surface area contributed by atoms with Crippen LogP contribution in [0.25, 0.3) is 5.57 Å². The predicted octanol–water partition coefficient (Wildman–Crippen LogP) is 3.94. The number of rotatable bonds is 3. The topological polar surface area (TPSA) is 72.2 Å². The highest BCUT2D eigenvalue weighted by atomic mass is 35.5. The van der Waals surface area contributed by atoms with E-state index in [-0.39, 0.29) is 11.1 Å². The number of hydrogen-bond donors (Lipinski definition) is 2. The largest absolute Gasteiger partial charge is 0.416 e. The first-order chi connectivity index (χ1) is 12.1. The predicted molar refractivity (Wildman–Crippen MR) is 102 cm³/mol. The summed E-state index contributed by atoms with van der Waals surface area (Å²) < 4.78 is 69.4. The third-order valence-electron chi connectivity index (χ3n) is 3.89. The van der Waals surface area contributed by atoms with Gasteiger partial charge in [-0.3, -0.25) is 0 Å². The summed E-state index contributed by atoms with van der Waals surface area (Å²) in [4.78, 5) is 0. The highest BCUT2D eigenvalue weighted by molar-refractivity contribution is 7.90. The number of allylic oxidation sites excluding steroid dienone is 2. The van der Waals surface area contributed by atoms with E-state index in [1.807, 2.05) is 0 Å². The number of hydrogen-bond acceptors (Lipinski definition) is 3. The van der Waals surface area contributed by atoms with Crippen molar-refractivity contribution in [2.45, 2.75) is 50.2 Å². The van der Waals surface area contributed by atoms with Gasteiger partial charge in [0.2, 0.25) is 10.0 Å². The molecule has 9 heteroatoms. The fourth-order valence-electron chi connectivity index (χ4n) is 3.07. The zero-order valence-corrected chi connectivity index (χ0v) is 16.9. The fourth-order valence-corrected chi connectivity index (χ4v) is 5.97. The van der Waals surface area contributed by atoms with E-state index in [4.69, 9.17) is 17.3 Å². The molecule has 150 valence electrons. The second-order valence-corrected chi connectivity index (χ2v) is 9.96. The molecule has 0 aliphatic heterocycles. The van der Waals surface area contributed by atoms with Crippen molar-refractivity contribution in [3.05, 3.63) is 52.6 Å². The van der Waals surface area contributed by atoms with Crippen LogP contribution >= 0.6 is 11.6 Å². The van der Waals surface area contributed by atoms with Crippen molar-refractivity contribution in [2.24, 2.45) is 5.73 Å². The maximum atomic E-state index is 13.7. The number of nitrogens with two attached hydrogens (primary N) is 1. The molecule has 0 radical (unpaired) electrons. The van der Waals surface area contributed by atoms with Gasteiger partial charge in [0, 0.05) is 16.1 Å². The summed E-state index contributed by atoms with van der Waals surface area (Å²) in [6, 6.07) is 7.62. The van der Waals surface area contributed by atoms with Crippen LogP contribution < -0.4 is 10.5 Å². The lowest BCUT2D eigenvalue weighted by atomic mass is 9.82. The van der Waals surface area contributed by atoms with Crippen molar-refractivity contribution in [1.29, 1.82) is 0 Å². The Morgan fingerprint density at radius 3 is 2.11 bits per heavy atom. The first-order valence-electron chi connectivity index (χ1n) is 8.13. The second kappa shape index (κ2) is 6.92. The summed E-state index contributed by atoms with van der Waals surface area (Å²) in [7, 11) is -4.18. The fraction of sp³-hybridized carbons (Fsp3) is 0.444. The van der Waals surface area contributed by atoms with Gasteiger partial charge in [0.25, 0.3) is 0 Å². The lowest BCUT2D eigenvalue weighted by Crippen LogP contribution is -2.58. The van der Waals surface area contributed by atoms with Gasteiger partial charge in [-0.25, -0.2) is 13.1 Å². The average Bonchev–Trinajstić information content (AvgIpc) is 2.42. The third kappa shape index (κ3) is 4.74. The average molecular weight is 423 g/mol. The van der Waals surface area contributed by atoms with E-state index in [0.29, 0.717) is 0 Å². The molecule has 1 aromatic carbocycles. The van der Waals surface area contributed by atoms with Gasteiger partial charge in [0.05, 0.1) is 11.1 Å². The minimum atomic E-state index is -4.75. The lowest BCUT2D eigenvalue weighted by molar-refractivity contribution is -0.0878. The Balaban J connectivity index is 2.77. The number of nitrogens with one attached hydrogen (secondary N) is 1. The van der Waals surface area contributed by atoms with Crippen LogP contribution in [0.2, 0.25) is 0 Å². The Hall–Kier alpha value is -1.35. The van der Waals surface area contributed by atoms with Gasteiger partial charge in [-0.05, 0) is 33.3 Å². The standard InChI is InChI=1S/C18H22ClF3N2O2S/c1-16(2,3)24-27(25,26)15-14(19)13(11-8-6-5-7-9-11)12(18(20,21)22)10-17(15,4)23/h5-10,15,24H,23H2,1-4H3. The molecule has 1 aromatic rings. The van der Waals surface area contributed by atoms with Gasteiger partial charge in [0.15, 0.2) is 0 Å². The van der Waals surface area contributed by atoms with Crippen molar-refractivity contribution in [1.82, 2.24) is 4.72 Å². The zero-order chi connectivity index (χ0) is 20.8. The first kappa shape index (κ1) is 21.9. The lowest BCUT2D eigenvalue weighted by Gasteiger charge is -2.39. The van der Waals surface area contributed by atoms with Gasteiger partial charge >= 0.3 is 6.18 Å². The molecule has 0 bridgehead atoms. The molecule has 2 unspecified atom stereocenters. The maximum Gasteiger partial charge on any atom is 0.416 e.